The molecule has 0 fully saturated rings. The molecule has 0 N–H and O–H groups in total. The molecule has 0 spiro atoms. The van der Waals surface area contributed by atoms with Gasteiger partial charge in [0, 0.05) is 18.4 Å². The minimum atomic E-state index is 0.415. The Labute approximate surface area is 82.4 Å². The number of nitrogens with zero attached hydrogens (tertiary/aromatic N) is 2. The third-order valence-electron chi connectivity index (χ3n) is 2.34. The quantitative estimate of drug-likeness (QED) is 0.617. The second-order valence-electron chi connectivity index (χ2n) is 3.42. The van der Waals surface area contributed by atoms with Crippen LogP contribution in [0.25, 0.3) is 0 Å². The molecule has 0 aliphatic heterocycles. The summed E-state index contributed by atoms with van der Waals surface area (Å²) in [6, 6.07) is 0. The Kier molecular flexibility index (Phi) is 3.91. The van der Waals surface area contributed by atoms with Crippen molar-refractivity contribution in [3.05, 3.63) is 18.2 Å². The number of rotatable bonds is 6. The second-order valence-corrected chi connectivity index (χ2v) is 3.42. The van der Waals surface area contributed by atoms with Crippen molar-refractivity contribution in [2.24, 2.45) is 0 Å². The summed E-state index contributed by atoms with van der Waals surface area (Å²) in [6.45, 7) is 5.28. The lowest BCUT2D eigenvalue weighted by Gasteiger charge is -2.05. The van der Waals surface area contributed by atoms with E-state index in [0.717, 1.165) is 13.0 Å². The van der Waals surface area contributed by atoms with E-state index < -0.39 is 0 Å². The largest absolute Gasteiger partial charge is 0.335 e. The zero-order valence-corrected chi connectivity index (χ0v) is 8.71. The molecule has 0 unspecified atom stereocenters. The van der Waals surface area contributed by atoms with Gasteiger partial charge < -0.3 is 4.57 Å². The summed E-state index contributed by atoms with van der Waals surface area (Å²) < 4.78 is 9.65. The molecule has 0 atom stereocenters. The van der Waals surface area contributed by atoms with Gasteiger partial charge in [0.15, 0.2) is 0 Å². The second kappa shape index (κ2) is 5.79. The fourth-order valence-corrected chi connectivity index (χ4v) is 1.48. The third-order valence-corrected chi connectivity index (χ3v) is 2.34. The van der Waals surface area contributed by atoms with Crippen LogP contribution in [0.2, 0.25) is 0 Å². The number of hydrogen-bond donors (Lipinski definition) is 0. The Morgan fingerprint density at radius 1 is 1.38 bits per heavy atom. The molecular formula is C11H20N2. The van der Waals surface area contributed by atoms with Crippen molar-refractivity contribution in [1.82, 2.24) is 9.55 Å². The number of aromatic nitrogens is 2. The molecule has 1 rings (SSSR count). The zero-order chi connectivity index (χ0) is 10.4. The van der Waals surface area contributed by atoms with E-state index in [2.05, 4.69) is 18.8 Å². The van der Waals surface area contributed by atoms with Crippen molar-refractivity contribution in [2.45, 2.75) is 52.5 Å². The summed E-state index contributed by atoms with van der Waals surface area (Å²) in [5, 5.41) is 0. The number of hydrogen-bond acceptors (Lipinski definition) is 1. The average molecular weight is 181 g/mol. The summed E-state index contributed by atoms with van der Waals surface area (Å²) in [5.74, 6) is 0. The van der Waals surface area contributed by atoms with Crippen molar-refractivity contribution in [2.75, 3.05) is 0 Å². The van der Waals surface area contributed by atoms with Crippen LogP contribution < -0.4 is 0 Å². The van der Waals surface area contributed by atoms with Gasteiger partial charge in [-0.3, -0.25) is 0 Å². The monoisotopic (exact) mass is 181 g/mol. The van der Waals surface area contributed by atoms with Gasteiger partial charge in [-0.2, -0.15) is 0 Å². The summed E-state index contributed by atoms with van der Waals surface area (Å²) in [7, 11) is 0. The van der Waals surface area contributed by atoms with Crippen molar-refractivity contribution in [3.8, 4) is 0 Å². The van der Waals surface area contributed by atoms with Gasteiger partial charge in [-0.25, -0.2) is 4.98 Å². The first-order valence-corrected chi connectivity index (χ1v) is 5.30. The maximum absolute atomic E-state index is 7.63. The van der Waals surface area contributed by atoms with Crippen LogP contribution in [-0.2, 0) is 13.0 Å². The molecule has 2 nitrogen and oxygen atoms in total. The molecule has 0 amide bonds. The van der Waals surface area contributed by atoms with E-state index in [4.69, 9.17) is 1.37 Å². The lowest BCUT2D eigenvalue weighted by atomic mass is 10.2. The topological polar surface area (TPSA) is 17.8 Å². The van der Waals surface area contributed by atoms with Crippen LogP contribution >= 0.6 is 0 Å². The fraction of sp³-hybridized carbons (Fsp3) is 0.727. The Hall–Kier alpha value is -0.790. The highest BCUT2D eigenvalue weighted by molar-refractivity contribution is 4.97. The maximum atomic E-state index is 7.63. The lowest BCUT2D eigenvalue weighted by Crippen LogP contribution is -2.00. The van der Waals surface area contributed by atoms with Gasteiger partial charge >= 0.3 is 0 Å². The maximum Gasteiger partial charge on any atom is 0.104 e. The summed E-state index contributed by atoms with van der Waals surface area (Å²) in [5.41, 5.74) is 1.19. The minimum Gasteiger partial charge on any atom is -0.335 e. The van der Waals surface area contributed by atoms with E-state index in [1.807, 2.05) is 10.8 Å². The van der Waals surface area contributed by atoms with Crippen LogP contribution in [0.1, 0.15) is 46.6 Å². The lowest BCUT2D eigenvalue weighted by molar-refractivity contribution is 0.569. The summed E-state index contributed by atoms with van der Waals surface area (Å²) >= 11 is 0. The van der Waals surface area contributed by atoms with E-state index in [-0.39, 0.29) is 0 Å². The Morgan fingerprint density at radius 3 is 2.92 bits per heavy atom. The summed E-state index contributed by atoms with van der Waals surface area (Å²) in [4.78, 5) is 4.02. The van der Waals surface area contributed by atoms with Gasteiger partial charge in [-0.15, -0.1) is 0 Å². The first kappa shape index (κ1) is 8.79. The molecule has 0 radical (unpaired) electrons. The first-order valence-electron chi connectivity index (χ1n) is 5.80. The minimum absolute atomic E-state index is 0.415. The fourth-order valence-electron chi connectivity index (χ4n) is 1.48. The highest BCUT2D eigenvalue weighted by Crippen LogP contribution is 2.05. The molecule has 1 heterocycles. The van der Waals surface area contributed by atoms with Crippen molar-refractivity contribution < 1.29 is 1.37 Å². The van der Waals surface area contributed by atoms with Crippen LogP contribution in [0.15, 0.2) is 12.5 Å². The molecular weight excluding hydrogens is 160 g/mol. The smallest absolute Gasteiger partial charge is 0.104 e. The van der Waals surface area contributed by atoms with Gasteiger partial charge in [-0.1, -0.05) is 33.1 Å². The highest BCUT2D eigenvalue weighted by atomic mass is 15.0. The van der Waals surface area contributed by atoms with Crippen molar-refractivity contribution >= 4 is 0 Å². The van der Waals surface area contributed by atoms with Crippen LogP contribution in [0.5, 0.6) is 0 Å². The zero-order valence-electron chi connectivity index (χ0n) is 9.71. The highest BCUT2D eigenvalue weighted by Gasteiger charge is 1.97. The van der Waals surface area contributed by atoms with E-state index in [1.165, 1.54) is 31.4 Å². The van der Waals surface area contributed by atoms with E-state index in [9.17, 15) is 0 Å². The average Bonchev–Trinajstić information content (AvgIpc) is 2.55. The van der Waals surface area contributed by atoms with Crippen molar-refractivity contribution in [1.29, 1.82) is 0 Å². The Balaban J connectivity index is 2.44. The molecule has 13 heavy (non-hydrogen) atoms. The van der Waals surface area contributed by atoms with Crippen LogP contribution in [0.3, 0.4) is 0 Å². The van der Waals surface area contributed by atoms with Gasteiger partial charge in [0.1, 0.15) is 1.37 Å². The number of imidazole rings is 1. The molecule has 1 aromatic heterocycles. The molecule has 2 heteroatoms. The first-order chi connectivity index (χ1) is 6.79. The molecule has 74 valence electrons. The Bertz CT molecular complexity index is 268. The van der Waals surface area contributed by atoms with E-state index in [0.29, 0.717) is 6.30 Å². The third kappa shape index (κ3) is 3.21. The van der Waals surface area contributed by atoms with Crippen LogP contribution in [0.4, 0.5) is 0 Å². The molecule has 0 aromatic carbocycles. The van der Waals surface area contributed by atoms with Crippen LogP contribution in [0, 0.1) is 0 Å². The molecule has 0 saturated carbocycles. The molecule has 0 aliphatic rings. The van der Waals surface area contributed by atoms with Crippen LogP contribution in [-0.4, -0.2) is 9.55 Å². The van der Waals surface area contributed by atoms with Crippen molar-refractivity contribution in [3.63, 3.8) is 0 Å². The normalized spacial score (nSPS) is 11.7. The number of aryl methyl sites for hydroxylation is 1. The Morgan fingerprint density at radius 2 is 2.23 bits per heavy atom. The molecule has 0 bridgehead atoms. The van der Waals surface area contributed by atoms with Gasteiger partial charge in [0.2, 0.25) is 0 Å². The standard InChI is InChI=1S/C11H20N2/c1-3-5-6-7-8-13-10-12-9-11(13)4-2/h9-10H,3-8H2,1-2H3/i10D. The SMILES string of the molecule is [2H]c1ncc(CC)n1CCCCCC. The van der Waals surface area contributed by atoms with E-state index in [1.54, 1.807) is 0 Å². The molecule has 1 aromatic rings. The number of unbranched alkanes of at least 4 members (excludes halogenated alkanes) is 3. The van der Waals surface area contributed by atoms with Gasteiger partial charge in [-0.05, 0) is 12.8 Å². The predicted molar refractivity (Wildman–Crippen MR) is 55.7 cm³/mol. The van der Waals surface area contributed by atoms with Gasteiger partial charge in [0.05, 0.1) is 6.30 Å². The molecule has 0 saturated heterocycles. The van der Waals surface area contributed by atoms with Gasteiger partial charge in [0.25, 0.3) is 0 Å². The summed E-state index contributed by atoms with van der Waals surface area (Å²) in [6.07, 6.45) is 8.20. The molecule has 0 aliphatic carbocycles. The van der Waals surface area contributed by atoms with E-state index >= 15 is 0 Å². The predicted octanol–water partition coefficient (Wildman–Crippen LogP) is 3.03.